The monoisotopic (exact) mass is 521 g/mol. The Morgan fingerprint density at radius 1 is 1.05 bits per heavy atom. The van der Waals surface area contributed by atoms with Gasteiger partial charge >= 0.3 is 0 Å². The molecule has 3 heterocycles. The van der Waals surface area contributed by atoms with E-state index < -0.39 is 38.4 Å². The molecule has 10 nitrogen and oxygen atoms in total. The molecule has 0 radical (unpaired) electrons. The van der Waals surface area contributed by atoms with Crippen molar-refractivity contribution in [2.45, 2.75) is 50.3 Å². The van der Waals surface area contributed by atoms with Crippen molar-refractivity contribution in [2.75, 3.05) is 12.3 Å². The molecule has 2 aromatic heterocycles. The van der Waals surface area contributed by atoms with Gasteiger partial charge < -0.3 is 25.1 Å². The van der Waals surface area contributed by atoms with Gasteiger partial charge in [-0.2, -0.15) is 4.98 Å². The summed E-state index contributed by atoms with van der Waals surface area (Å²) in [5.74, 6) is -0.0844. The van der Waals surface area contributed by atoms with Gasteiger partial charge in [0.1, 0.15) is 18.3 Å². The number of hydrogen-bond donors (Lipinski definition) is 4. The van der Waals surface area contributed by atoms with E-state index >= 15 is 0 Å². The number of hydrogen-bond acceptors (Lipinski definition) is 8. The van der Waals surface area contributed by atoms with Crippen molar-refractivity contribution >= 4 is 35.8 Å². The van der Waals surface area contributed by atoms with Crippen LogP contribution in [0.2, 0.25) is 5.04 Å². The molecule has 11 heteroatoms. The van der Waals surface area contributed by atoms with Crippen LogP contribution in [0.3, 0.4) is 0 Å². The van der Waals surface area contributed by atoms with Crippen LogP contribution < -0.4 is 21.7 Å². The molecule has 1 saturated heterocycles. The Morgan fingerprint density at radius 2 is 1.65 bits per heavy atom. The van der Waals surface area contributed by atoms with E-state index in [1.807, 2.05) is 36.4 Å². The number of rotatable bonds is 6. The smallest absolute Gasteiger partial charge is 0.280 e. The molecular formula is C26H31N5O5Si. The molecule has 5 N–H and O–H groups in total. The van der Waals surface area contributed by atoms with Crippen molar-refractivity contribution in [2.24, 2.45) is 0 Å². The second-order valence-corrected chi connectivity index (χ2v) is 14.6. The number of aromatic amines is 1. The minimum Gasteiger partial charge on any atom is -0.405 e. The normalized spacial score (nSPS) is 22.5. The van der Waals surface area contributed by atoms with E-state index in [-0.39, 0.29) is 28.8 Å². The van der Waals surface area contributed by atoms with E-state index in [1.165, 1.54) is 10.9 Å². The molecule has 0 aliphatic carbocycles. The molecule has 0 bridgehead atoms. The predicted molar refractivity (Wildman–Crippen MR) is 142 cm³/mol. The number of anilines is 1. The van der Waals surface area contributed by atoms with Gasteiger partial charge in [0, 0.05) is 0 Å². The number of H-pyrrole nitrogens is 1. The summed E-state index contributed by atoms with van der Waals surface area (Å²) in [4.78, 5) is 22.8. The molecule has 194 valence electrons. The number of aliphatic hydroxyl groups is 2. The number of ether oxygens (including phenoxy) is 1. The highest BCUT2D eigenvalue weighted by atomic mass is 28.4. The lowest BCUT2D eigenvalue weighted by Gasteiger charge is -2.43. The van der Waals surface area contributed by atoms with Crippen molar-refractivity contribution in [3.05, 3.63) is 77.3 Å². The first kappa shape index (κ1) is 25.3. The van der Waals surface area contributed by atoms with Crippen LogP contribution >= 0.6 is 0 Å². The number of nitrogens with two attached hydrogens (primary N) is 1. The van der Waals surface area contributed by atoms with Gasteiger partial charge in [0.05, 0.1) is 12.9 Å². The Bertz CT molecular complexity index is 1400. The van der Waals surface area contributed by atoms with E-state index in [1.54, 1.807) is 0 Å². The van der Waals surface area contributed by atoms with Crippen LogP contribution in [-0.4, -0.2) is 63.0 Å². The van der Waals surface area contributed by atoms with Gasteiger partial charge in [0.15, 0.2) is 17.4 Å². The van der Waals surface area contributed by atoms with Gasteiger partial charge in [-0.3, -0.25) is 14.3 Å². The van der Waals surface area contributed by atoms with E-state index in [2.05, 4.69) is 60.0 Å². The van der Waals surface area contributed by atoms with Crippen LogP contribution in [0.4, 0.5) is 5.95 Å². The number of nitrogens with zero attached hydrogens (tertiary/aromatic N) is 3. The first-order valence-corrected chi connectivity index (χ1v) is 14.0. The van der Waals surface area contributed by atoms with Crippen LogP contribution in [0.15, 0.2) is 71.8 Å². The Morgan fingerprint density at radius 3 is 2.22 bits per heavy atom. The number of nitrogen functional groups attached to an aromatic ring is 1. The molecule has 2 aromatic carbocycles. The van der Waals surface area contributed by atoms with Gasteiger partial charge in [-0.15, -0.1) is 0 Å². The summed E-state index contributed by atoms with van der Waals surface area (Å²) in [6.07, 6.45) is -3.05. The van der Waals surface area contributed by atoms with Crippen LogP contribution in [-0.2, 0) is 9.16 Å². The first-order valence-electron chi connectivity index (χ1n) is 12.1. The number of aliphatic hydroxyl groups excluding tert-OH is 2. The fourth-order valence-electron chi connectivity index (χ4n) is 5.19. The molecule has 1 fully saturated rings. The molecule has 4 aromatic rings. The third-order valence-corrected chi connectivity index (χ3v) is 11.9. The summed E-state index contributed by atoms with van der Waals surface area (Å²) < 4.78 is 14.4. The van der Waals surface area contributed by atoms with Crippen molar-refractivity contribution in [1.82, 2.24) is 19.5 Å². The Labute approximate surface area is 214 Å². The summed E-state index contributed by atoms with van der Waals surface area (Å²) in [6.45, 7) is 6.53. The Balaban J connectivity index is 1.49. The second-order valence-electron chi connectivity index (χ2n) is 10.3. The number of imidazole rings is 1. The van der Waals surface area contributed by atoms with Crippen molar-refractivity contribution in [3.63, 3.8) is 0 Å². The van der Waals surface area contributed by atoms with Gasteiger partial charge in [-0.1, -0.05) is 81.4 Å². The standard InChI is InChI=1S/C26H31N5O5Si/c1-26(2,3)37(16-10-6-4-7-11-16,17-12-8-5-9-13-17)35-14-18-20(32)21(33)24(36-18)31-15-28-19-22(31)29-25(27)30-23(19)34/h4-13,15,18,20-21,24,32-33H,14H2,1-3H3,(H3,27,29,30,34)/t18-,20-,21?,24-/m1/s1. The number of nitrogens with one attached hydrogen (secondary N) is 1. The average molecular weight is 522 g/mol. The van der Waals surface area contributed by atoms with E-state index in [0.717, 1.165) is 10.4 Å². The number of fused-ring (bicyclic) bond motifs is 1. The van der Waals surface area contributed by atoms with Crippen molar-refractivity contribution in [3.8, 4) is 0 Å². The van der Waals surface area contributed by atoms with Gasteiger partial charge in [-0.25, -0.2) is 4.98 Å². The Hall–Kier alpha value is -3.35. The largest absolute Gasteiger partial charge is 0.405 e. The van der Waals surface area contributed by atoms with Crippen molar-refractivity contribution in [1.29, 1.82) is 0 Å². The number of benzene rings is 2. The third kappa shape index (κ3) is 4.28. The quantitative estimate of drug-likeness (QED) is 0.274. The molecule has 37 heavy (non-hydrogen) atoms. The zero-order valence-corrected chi connectivity index (χ0v) is 21.9. The summed E-state index contributed by atoms with van der Waals surface area (Å²) in [6, 6.07) is 20.3. The van der Waals surface area contributed by atoms with Gasteiger partial charge in [-0.05, 0) is 15.4 Å². The summed E-state index contributed by atoms with van der Waals surface area (Å²) >= 11 is 0. The van der Waals surface area contributed by atoms with E-state index in [4.69, 9.17) is 14.9 Å². The van der Waals surface area contributed by atoms with Gasteiger partial charge in [0.25, 0.3) is 13.9 Å². The highest BCUT2D eigenvalue weighted by Crippen LogP contribution is 2.38. The second kappa shape index (κ2) is 9.51. The molecule has 0 amide bonds. The Kier molecular flexibility index (Phi) is 6.50. The highest BCUT2D eigenvalue weighted by Gasteiger charge is 2.52. The lowest BCUT2D eigenvalue weighted by molar-refractivity contribution is -0.0486. The zero-order chi connectivity index (χ0) is 26.4. The van der Waals surface area contributed by atoms with Crippen LogP contribution in [0, 0.1) is 0 Å². The van der Waals surface area contributed by atoms with Crippen LogP contribution in [0.1, 0.15) is 27.0 Å². The minimum atomic E-state index is -2.88. The summed E-state index contributed by atoms with van der Waals surface area (Å²) in [7, 11) is -2.88. The van der Waals surface area contributed by atoms with Crippen LogP contribution in [0.5, 0.6) is 0 Å². The van der Waals surface area contributed by atoms with Crippen LogP contribution in [0.25, 0.3) is 11.2 Å². The van der Waals surface area contributed by atoms with E-state index in [0.29, 0.717) is 0 Å². The lowest BCUT2D eigenvalue weighted by atomic mass is 10.1. The van der Waals surface area contributed by atoms with E-state index in [9.17, 15) is 15.0 Å². The molecule has 1 aliphatic heterocycles. The number of aromatic nitrogens is 4. The topological polar surface area (TPSA) is 149 Å². The maximum Gasteiger partial charge on any atom is 0.280 e. The fraction of sp³-hybridized carbons (Fsp3) is 0.346. The van der Waals surface area contributed by atoms with Crippen molar-refractivity contribution < 1.29 is 19.4 Å². The first-order chi connectivity index (χ1) is 17.6. The molecule has 1 aliphatic rings. The molecule has 1 unspecified atom stereocenters. The predicted octanol–water partition coefficient (Wildman–Crippen LogP) is 0.898. The molecule has 0 spiro atoms. The lowest BCUT2D eigenvalue weighted by Crippen LogP contribution is -2.67. The molecular weight excluding hydrogens is 490 g/mol. The SMILES string of the molecule is CC(C)(C)[Si](OC[C@H]1O[C@@H](n2cnc3c(=O)[nH]c(N)nc32)C(O)[C@@H]1O)(c1ccccc1)c1ccccc1. The molecule has 5 rings (SSSR count). The maximum atomic E-state index is 12.2. The highest BCUT2D eigenvalue weighted by molar-refractivity contribution is 6.99. The molecule has 0 saturated carbocycles. The molecule has 4 atom stereocenters. The van der Waals surface area contributed by atoms with Gasteiger partial charge in [0.2, 0.25) is 5.95 Å². The summed E-state index contributed by atoms with van der Waals surface area (Å²) in [5, 5.41) is 23.8. The summed E-state index contributed by atoms with van der Waals surface area (Å²) in [5.41, 5.74) is 5.43. The minimum absolute atomic E-state index is 0.0464. The maximum absolute atomic E-state index is 12.2. The third-order valence-electron chi connectivity index (χ3n) is 6.94. The average Bonchev–Trinajstić information content (AvgIpc) is 3.41. The fourth-order valence-corrected chi connectivity index (χ4v) is 9.76. The zero-order valence-electron chi connectivity index (χ0n) is 20.9.